The van der Waals surface area contributed by atoms with Gasteiger partial charge in [0.1, 0.15) is 5.69 Å². The van der Waals surface area contributed by atoms with E-state index in [9.17, 15) is 20.0 Å². The van der Waals surface area contributed by atoms with E-state index in [1.54, 1.807) is 6.07 Å². The maximum atomic E-state index is 11.8. The molecule has 8 nitrogen and oxygen atoms in total. The lowest BCUT2D eigenvalue weighted by Crippen LogP contribution is -2.40. The van der Waals surface area contributed by atoms with E-state index < -0.39 is 17.1 Å². The number of carbonyl (C=O) groups excluding carboxylic acids is 1. The van der Waals surface area contributed by atoms with Crippen LogP contribution < -0.4 is 10.6 Å². The molecule has 1 aliphatic heterocycles. The number of amides is 2. The summed E-state index contributed by atoms with van der Waals surface area (Å²) in [7, 11) is 0. The van der Waals surface area contributed by atoms with Crippen LogP contribution in [0, 0.1) is 10.1 Å². The van der Waals surface area contributed by atoms with Crippen molar-refractivity contribution in [2.24, 2.45) is 0 Å². The predicted molar refractivity (Wildman–Crippen MR) is 81.8 cm³/mol. The van der Waals surface area contributed by atoms with Crippen molar-refractivity contribution in [3.63, 3.8) is 0 Å². The van der Waals surface area contributed by atoms with Gasteiger partial charge in [-0.2, -0.15) is 0 Å². The van der Waals surface area contributed by atoms with E-state index in [0.29, 0.717) is 6.54 Å². The molecule has 0 spiro atoms. The van der Waals surface area contributed by atoms with E-state index in [2.05, 4.69) is 15.5 Å². The summed E-state index contributed by atoms with van der Waals surface area (Å²) in [6, 6.07) is 5.33. The van der Waals surface area contributed by atoms with E-state index in [4.69, 9.17) is 0 Å². The minimum Gasteiger partial charge on any atom is -0.390 e. The van der Waals surface area contributed by atoms with Gasteiger partial charge in [-0.25, -0.2) is 4.79 Å². The summed E-state index contributed by atoms with van der Waals surface area (Å²) >= 11 is 0. The van der Waals surface area contributed by atoms with Gasteiger partial charge in [0, 0.05) is 19.2 Å². The molecule has 8 heteroatoms. The molecule has 1 aromatic carbocycles. The van der Waals surface area contributed by atoms with Gasteiger partial charge in [-0.05, 0) is 32.0 Å². The lowest BCUT2D eigenvalue weighted by atomic mass is 10.2. The molecule has 120 valence electrons. The monoisotopic (exact) mass is 308 g/mol. The SMILES string of the molecule is O=C(NC[C@H](O)CN1CCCC1)Nc1ccccc1[N+](=O)[O-]. The van der Waals surface area contributed by atoms with Crippen LogP contribution in [0.2, 0.25) is 0 Å². The van der Waals surface area contributed by atoms with Gasteiger partial charge >= 0.3 is 6.03 Å². The van der Waals surface area contributed by atoms with E-state index in [1.165, 1.54) is 18.2 Å². The fraction of sp³-hybridized carbons (Fsp3) is 0.500. The van der Waals surface area contributed by atoms with Crippen molar-refractivity contribution in [3.05, 3.63) is 34.4 Å². The van der Waals surface area contributed by atoms with Crippen LogP contribution in [0.15, 0.2) is 24.3 Å². The van der Waals surface area contributed by atoms with Crippen LogP contribution in [-0.2, 0) is 0 Å². The first-order valence-electron chi connectivity index (χ1n) is 7.25. The number of carbonyl (C=O) groups is 1. The number of nitrogens with zero attached hydrogens (tertiary/aromatic N) is 2. The number of aliphatic hydroxyl groups is 1. The zero-order valence-corrected chi connectivity index (χ0v) is 12.2. The molecule has 0 bridgehead atoms. The molecule has 1 atom stereocenters. The topological polar surface area (TPSA) is 108 Å². The van der Waals surface area contributed by atoms with Gasteiger partial charge in [0.15, 0.2) is 0 Å². The number of anilines is 1. The van der Waals surface area contributed by atoms with Gasteiger partial charge < -0.3 is 20.6 Å². The Morgan fingerprint density at radius 3 is 2.73 bits per heavy atom. The van der Waals surface area contributed by atoms with Gasteiger partial charge in [-0.1, -0.05) is 12.1 Å². The van der Waals surface area contributed by atoms with E-state index in [1.807, 2.05) is 0 Å². The summed E-state index contributed by atoms with van der Waals surface area (Å²) in [5.74, 6) is 0. The van der Waals surface area contributed by atoms with Gasteiger partial charge in [0.05, 0.1) is 11.0 Å². The van der Waals surface area contributed by atoms with E-state index in [0.717, 1.165) is 25.9 Å². The molecule has 1 fully saturated rings. The van der Waals surface area contributed by atoms with E-state index >= 15 is 0 Å². The molecular formula is C14H20N4O4. The van der Waals surface area contributed by atoms with Gasteiger partial charge in [0.25, 0.3) is 5.69 Å². The van der Waals surface area contributed by atoms with Crippen LogP contribution in [0.4, 0.5) is 16.2 Å². The maximum Gasteiger partial charge on any atom is 0.319 e. The first-order chi connectivity index (χ1) is 10.6. The third kappa shape index (κ3) is 4.68. The second-order valence-electron chi connectivity index (χ2n) is 5.27. The molecule has 1 aromatic rings. The standard InChI is InChI=1S/C14H20N4O4/c19-11(10-17-7-3-4-8-17)9-15-14(20)16-12-5-1-2-6-13(12)18(21)22/h1-2,5-6,11,19H,3-4,7-10H2,(H2,15,16,20)/t11-/m0/s1. The number of nitro groups is 1. The second kappa shape index (κ2) is 7.71. The molecule has 1 saturated heterocycles. The Hall–Kier alpha value is -2.19. The molecule has 1 aliphatic rings. The van der Waals surface area contributed by atoms with Crippen molar-refractivity contribution in [2.75, 3.05) is 31.5 Å². The van der Waals surface area contributed by atoms with Crippen molar-refractivity contribution in [2.45, 2.75) is 18.9 Å². The van der Waals surface area contributed by atoms with Gasteiger partial charge in [-0.3, -0.25) is 10.1 Å². The minimum atomic E-state index is -0.658. The largest absolute Gasteiger partial charge is 0.390 e. The molecule has 22 heavy (non-hydrogen) atoms. The molecule has 2 amide bonds. The Bertz CT molecular complexity index is 531. The number of urea groups is 1. The fourth-order valence-corrected chi connectivity index (χ4v) is 2.44. The van der Waals surface area contributed by atoms with Crippen molar-refractivity contribution in [3.8, 4) is 0 Å². The number of likely N-dealkylation sites (tertiary alicyclic amines) is 1. The molecule has 0 unspecified atom stereocenters. The van der Waals surface area contributed by atoms with Crippen LogP contribution in [0.5, 0.6) is 0 Å². The number of para-hydroxylation sites is 2. The quantitative estimate of drug-likeness (QED) is 0.540. The third-order valence-corrected chi connectivity index (χ3v) is 3.51. The lowest BCUT2D eigenvalue weighted by Gasteiger charge is -2.19. The summed E-state index contributed by atoms with van der Waals surface area (Å²) in [4.78, 5) is 24.2. The molecule has 0 aromatic heterocycles. The summed E-state index contributed by atoms with van der Waals surface area (Å²) in [6.45, 7) is 2.56. The number of nitrogens with one attached hydrogen (secondary N) is 2. The highest BCUT2D eigenvalue weighted by atomic mass is 16.6. The molecule has 1 heterocycles. The zero-order valence-electron chi connectivity index (χ0n) is 12.2. The van der Waals surface area contributed by atoms with Crippen LogP contribution in [0.3, 0.4) is 0 Å². The fourth-order valence-electron chi connectivity index (χ4n) is 2.44. The third-order valence-electron chi connectivity index (χ3n) is 3.51. The highest BCUT2D eigenvalue weighted by molar-refractivity contribution is 5.91. The van der Waals surface area contributed by atoms with E-state index in [-0.39, 0.29) is 17.9 Å². The smallest absolute Gasteiger partial charge is 0.319 e. The number of nitro benzene ring substituents is 1. The molecule has 0 aliphatic carbocycles. The molecule has 0 saturated carbocycles. The number of β-amino-alcohol motifs (C(OH)–C–C–N with tert-alkyl or cyclic N) is 1. The Balaban J connectivity index is 1.79. The number of benzene rings is 1. The van der Waals surface area contributed by atoms with Crippen LogP contribution in [-0.4, -0.2) is 53.2 Å². The first kappa shape index (κ1) is 16.2. The average molecular weight is 308 g/mol. The molecule has 2 rings (SSSR count). The number of hydrogen-bond acceptors (Lipinski definition) is 5. The van der Waals surface area contributed by atoms with Crippen molar-refractivity contribution < 1.29 is 14.8 Å². The highest BCUT2D eigenvalue weighted by Crippen LogP contribution is 2.22. The Labute approximate surface area is 128 Å². The minimum absolute atomic E-state index is 0.100. The second-order valence-corrected chi connectivity index (χ2v) is 5.27. The average Bonchev–Trinajstić information content (AvgIpc) is 2.98. The van der Waals surface area contributed by atoms with Crippen LogP contribution in [0.1, 0.15) is 12.8 Å². The predicted octanol–water partition coefficient (Wildman–Crippen LogP) is 1.17. The summed E-state index contributed by atoms with van der Waals surface area (Å²) < 4.78 is 0. The van der Waals surface area contributed by atoms with Crippen molar-refractivity contribution >= 4 is 17.4 Å². The zero-order chi connectivity index (χ0) is 15.9. The molecular weight excluding hydrogens is 288 g/mol. The Morgan fingerprint density at radius 1 is 1.36 bits per heavy atom. The molecule has 3 N–H and O–H groups in total. The summed E-state index contributed by atoms with van der Waals surface area (Å²) in [5, 5.41) is 25.7. The summed E-state index contributed by atoms with van der Waals surface area (Å²) in [5.41, 5.74) is -0.0469. The number of hydrogen-bond donors (Lipinski definition) is 3. The number of aliphatic hydroxyl groups excluding tert-OH is 1. The van der Waals surface area contributed by atoms with Crippen molar-refractivity contribution in [1.82, 2.24) is 10.2 Å². The summed E-state index contributed by atoms with van der Waals surface area (Å²) in [6.07, 6.45) is 1.62. The highest BCUT2D eigenvalue weighted by Gasteiger charge is 2.17. The first-order valence-corrected chi connectivity index (χ1v) is 7.25. The van der Waals surface area contributed by atoms with Crippen molar-refractivity contribution in [1.29, 1.82) is 0 Å². The Morgan fingerprint density at radius 2 is 2.05 bits per heavy atom. The number of rotatable bonds is 6. The van der Waals surface area contributed by atoms with Gasteiger partial charge in [0.2, 0.25) is 0 Å². The maximum absolute atomic E-state index is 11.8. The van der Waals surface area contributed by atoms with Crippen LogP contribution >= 0.6 is 0 Å². The van der Waals surface area contributed by atoms with Crippen LogP contribution in [0.25, 0.3) is 0 Å². The van der Waals surface area contributed by atoms with Gasteiger partial charge in [-0.15, -0.1) is 0 Å². The normalized spacial score (nSPS) is 16.2. The molecule has 0 radical (unpaired) electrons. The Kier molecular flexibility index (Phi) is 5.68. The lowest BCUT2D eigenvalue weighted by molar-refractivity contribution is -0.383.